The van der Waals surface area contributed by atoms with Crippen LogP contribution in [0.4, 0.5) is 0 Å². The van der Waals surface area contributed by atoms with Crippen molar-refractivity contribution in [2.24, 2.45) is 5.92 Å². The highest BCUT2D eigenvalue weighted by molar-refractivity contribution is 7.92. The molecule has 4 fully saturated rings. The van der Waals surface area contributed by atoms with Gasteiger partial charge in [-0.25, -0.2) is 8.42 Å². The zero-order chi connectivity index (χ0) is 18.5. The maximum atomic E-state index is 13.7. The summed E-state index contributed by atoms with van der Waals surface area (Å²) >= 11 is 0. The van der Waals surface area contributed by atoms with E-state index in [0.717, 1.165) is 55.2 Å². The van der Waals surface area contributed by atoms with Crippen LogP contribution in [0.15, 0.2) is 17.0 Å². The summed E-state index contributed by atoms with van der Waals surface area (Å²) in [4.78, 5) is 5.34. The van der Waals surface area contributed by atoms with E-state index >= 15 is 0 Å². The number of benzene rings is 1. The topological polar surface area (TPSA) is 52.7 Å². The fourth-order valence-corrected chi connectivity index (χ4v) is 7.58. The number of sulfone groups is 1. The Balaban J connectivity index is 1.70. The molecule has 144 valence electrons. The number of rotatable bonds is 3. The molecule has 2 atom stereocenters. The van der Waals surface area contributed by atoms with E-state index in [2.05, 4.69) is 15.1 Å². The highest BCUT2D eigenvalue weighted by Crippen LogP contribution is 2.36. The second kappa shape index (κ2) is 6.89. The Kier molecular flexibility index (Phi) is 4.88. The molecule has 4 aliphatic heterocycles. The normalized spacial score (nSPS) is 32.7. The van der Waals surface area contributed by atoms with Crippen molar-refractivity contribution >= 4 is 9.84 Å². The van der Waals surface area contributed by atoms with Crippen molar-refractivity contribution in [3.05, 3.63) is 28.8 Å². The summed E-state index contributed by atoms with van der Waals surface area (Å²) < 4.78 is 27.4. The fourth-order valence-electron chi connectivity index (χ4n) is 5.35. The number of piperidine rings is 3. The molecule has 0 saturated carbocycles. The van der Waals surface area contributed by atoms with Gasteiger partial charge in [0.2, 0.25) is 0 Å². The van der Waals surface area contributed by atoms with Gasteiger partial charge in [-0.2, -0.15) is 0 Å². The highest BCUT2D eigenvalue weighted by atomic mass is 32.2. The Morgan fingerprint density at radius 1 is 1.04 bits per heavy atom. The van der Waals surface area contributed by atoms with Crippen LogP contribution in [0.25, 0.3) is 0 Å². The first-order chi connectivity index (χ1) is 12.4. The zero-order valence-corrected chi connectivity index (χ0v) is 17.0. The van der Waals surface area contributed by atoms with Gasteiger partial charge >= 0.3 is 0 Å². The van der Waals surface area contributed by atoms with E-state index in [1.54, 1.807) is 0 Å². The lowest BCUT2D eigenvalue weighted by molar-refractivity contribution is -0.0548. The van der Waals surface area contributed by atoms with Gasteiger partial charge in [-0.15, -0.1) is 0 Å². The number of hydrogen-bond acceptors (Lipinski definition) is 5. The molecule has 5 nitrogen and oxygen atoms in total. The quantitative estimate of drug-likeness (QED) is 0.874. The summed E-state index contributed by atoms with van der Waals surface area (Å²) in [6.07, 6.45) is 3.96. The van der Waals surface area contributed by atoms with Crippen LogP contribution in [0.1, 0.15) is 36.0 Å². The molecular weight excluding hydrogens is 346 g/mol. The van der Waals surface area contributed by atoms with Crippen LogP contribution in [0.2, 0.25) is 0 Å². The van der Waals surface area contributed by atoms with Gasteiger partial charge < -0.3 is 5.32 Å². The first-order valence-electron chi connectivity index (χ1n) is 9.90. The molecule has 4 saturated heterocycles. The average Bonchev–Trinajstić information content (AvgIpc) is 2.61. The number of nitrogens with zero attached hydrogens (tertiary/aromatic N) is 2. The molecule has 6 heteroatoms. The van der Waals surface area contributed by atoms with Crippen molar-refractivity contribution in [2.75, 3.05) is 32.7 Å². The van der Waals surface area contributed by atoms with E-state index in [-0.39, 0.29) is 6.17 Å². The number of fused-ring (bicyclic) bond motifs is 3. The summed E-state index contributed by atoms with van der Waals surface area (Å²) in [7, 11) is -3.42. The largest absolute Gasteiger partial charge is 0.313 e. The first kappa shape index (κ1) is 18.4. The van der Waals surface area contributed by atoms with E-state index < -0.39 is 15.2 Å². The minimum atomic E-state index is -3.42. The fraction of sp³-hybridized carbons (Fsp3) is 0.700. The molecule has 0 aromatic heterocycles. The van der Waals surface area contributed by atoms with Gasteiger partial charge in [0.15, 0.2) is 9.84 Å². The molecule has 5 rings (SSSR count). The Morgan fingerprint density at radius 3 is 2.27 bits per heavy atom. The minimum absolute atomic E-state index is 0.287. The van der Waals surface area contributed by atoms with E-state index in [9.17, 15) is 8.42 Å². The van der Waals surface area contributed by atoms with Crippen LogP contribution in [-0.4, -0.2) is 62.5 Å². The second-order valence-corrected chi connectivity index (χ2v) is 10.4. The number of hydrogen-bond donors (Lipinski definition) is 1. The van der Waals surface area contributed by atoms with Crippen LogP contribution >= 0.6 is 0 Å². The Bertz CT molecular complexity index is 761. The SMILES string of the molecule is Cc1cc(C)c(S(=O)(=O)C2CNCCN2C2CC3CCN2CC3)c(C)c1. The van der Waals surface area contributed by atoms with Gasteiger partial charge in [0.25, 0.3) is 0 Å². The van der Waals surface area contributed by atoms with Crippen molar-refractivity contribution in [1.29, 1.82) is 0 Å². The predicted molar refractivity (Wildman–Crippen MR) is 104 cm³/mol. The first-order valence-corrected chi connectivity index (χ1v) is 11.4. The zero-order valence-electron chi connectivity index (χ0n) is 16.2. The van der Waals surface area contributed by atoms with E-state index in [4.69, 9.17) is 0 Å². The summed E-state index contributed by atoms with van der Waals surface area (Å²) in [5.74, 6) is 0.770. The average molecular weight is 378 g/mol. The van der Waals surface area contributed by atoms with Crippen LogP contribution in [0.5, 0.6) is 0 Å². The lowest BCUT2D eigenvalue weighted by atomic mass is 9.85. The Labute approximate surface area is 157 Å². The van der Waals surface area contributed by atoms with E-state index in [0.29, 0.717) is 11.4 Å². The van der Waals surface area contributed by atoms with E-state index in [1.807, 2.05) is 32.9 Å². The summed E-state index contributed by atoms with van der Waals surface area (Å²) in [6, 6.07) is 3.99. The third-order valence-electron chi connectivity index (χ3n) is 6.48. The number of aryl methyl sites for hydroxylation is 3. The molecular formula is C20H31N3O2S. The number of piperazine rings is 1. The molecule has 0 amide bonds. The number of nitrogens with one attached hydrogen (secondary N) is 1. The molecule has 0 radical (unpaired) electrons. The van der Waals surface area contributed by atoms with Gasteiger partial charge in [-0.1, -0.05) is 17.7 Å². The van der Waals surface area contributed by atoms with Crippen LogP contribution < -0.4 is 5.32 Å². The van der Waals surface area contributed by atoms with E-state index in [1.165, 1.54) is 12.8 Å². The Morgan fingerprint density at radius 2 is 1.69 bits per heavy atom. The van der Waals surface area contributed by atoms with Gasteiger partial charge in [0.1, 0.15) is 5.37 Å². The van der Waals surface area contributed by atoms with Crippen molar-refractivity contribution in [3.8, 4) is 0 Å². The molecule has 1 N–H and O–H groups in total. The summed E-state index contributed by atoms with van der Waals surface area (Å²) in [6.45, 7) is 10.3. The monoisotopic (exact) mass is 377 g/mol. The summed E-state index contributed by atoms with van der Waals surface area (Å²) in [5, 5.41) is 2.86. The molecule has 1 aromatic rings. The maximum Gasteiger partial charge on any atom is 0.196 e. The van der Waals surface area contributed by atoms with Crippen molar-refractivity contribution < 1.29 is 8.42 Å². The minimum Gasteiger partial charge on any atom is -0.313 e. The molecule has 4 aliphatic rings. The summed E-state index contributed by atoms with van der Waals surface area (Å²) in [5.41, 5.74) is 2.87. The third-order valence-corrected chi connectivity index (χ3v) is 8.85. The van der Waals surface area contributed by atoms with Crippen LogP contribution in [0.3, 0.4) is 0 Å². The molecule has 0 aliphatic carbocycles. The van der Waals surface area contributed by atoms with Crippen molar-refractivity contribution in [2.45, 2.75) is 56.5 Å². The lowest BCUT2D eigenvalue weighted by Gasteiger charge is -2.52. The molecule has 26 heavy (non-hydrogen) atoms. The molecule has 2 unspecified atom stereocenters. The van der Waals surface area contributed by atoms with Crippen LogP contribution in [0, 0.1) is 26.7 Å². The van der Waals surface area contributed by atoms with Crippen molar-refractivity contribution in [1.82, 2.24) is 15.1 Å². The van der Waals surface area contributed by atoms with Crippen LogP contribution in [-0.2, 0) is 9.84 Å². The maximum absolute atomic E-state index is 13.7. The highest BCUT2D eigenvalue weighted by Gasteiger charge is 2.44. The van der Waals surface area contributed by atoms with Gasteiger partial charge in [-0.05, 0) is 70.2 Å². The molecule has 0 spiro atoms. The second-order valence-electron chi connectivity index (χ2n) is 8.37. The molecule has 2 bridgehead atoms. The smallest absolute Gasteiger partial charge is 0.196 e. The molecule has 4 heterocycles. The van der Waals surface area contributed by atoms with Gasteiger partial charge in [0.05, 0.1) is 11.1 Å². The lowest BCUT2D eigenvalue weighted by Crippen LogP contribution is -2.65. The van der Waals surface area contributed by atoms with Crippen molar-refractivity contribution in [3.63, 3.8) is 0 Å². The van der Waals surface area contributed by atoms with Gasteiger partial charge in [-0.3, -0.25) is 9.80 Å². The predicted octanol–water partition coefficient (Wildman–Crippen LogP) is 2.06. The standard InChI is InChI=1S/C20H31N3O2S/c1-14-10-15(2)20(16(3)11-14)26(24,25)19-13-21-6-9-23(19)18-12-17-4-7-22(18)8-5-17/h10-11,17-19,21H,4-9,12-13H2,1-3H3. The third kappa shape index (κ3) is 3.11. The Hall–Kier alpha value is -0.950. The molecule has 1 aromatic carbocycles. The van der Waals surface area contributed by atoms with Gasteiger partial charge in [0, 0.05) is 19.6 Å².